The van der Waals surface area contributed by atoms with Crippen molar-refractivity contribution in [3.05, 3.63) is 70.5 Å². The van der Waals surface area contributed by atoms with E-state index in [4.69, 9.17) is 0 Å². The highest BCUT2D eigenvalue weighted by atomic mass is 19.1. The van der Waals surface area contributed by atoms with E-state index in [-0.39, 0.29) is 11.6 Å². The van der Waals surface area contributed by atoms with Crippen molar-refractivity contribution in [2.45, 2.75) is 26.7 Å². The summed E-state index contributed by atoms with van der Waals surface area (Å²) in [6.07, 6.45) is 1.18. The Morgan fingerprint density at radius 3 is 2.47 bits per heavy atom. The molecule has 2 aromatic carbocycles. The number of rotatable bonds is 4. The summed E-state index contributed by atoms with van der Waals surface area (Å²) in [6, 6.07) is 12.4. The number of carbonyl (C=O) groups excluding carboxylic acids is 1. The maximum absolute atomic E-state index is 13.0. The molecule has 0 heterocycles. The second kappa shape index (κ2) is 5.79. The quantitative estimate of drug-likeness (QED) is 0.747. The largest absolute Gasteiger partial charge is 0.294 e. The van der Waals surface area contributed by atoms with Crippen LogP contribution in [0.15, 0.2) is 42.5 Å². The molecule has 98 valence electrons. The van der Waals surface area contributed by atoms with E-state index >= 15 is 0 Å². The minimum absolute atomic E-state index is 0.0701. The van der Waals surface area contributed by atoms with Crippen molar-refractivity contribution in [1.29, 1.82) is 0 Å². The highest BCUT2D eigenvalue weighted by molar-refractivity contribution is 5.97. The monoisotopic (exact) mass is 256 g/mol. The van der Waals surface area contributed by atoms with Crippen LogP contribution in [0.2, 0.25) is 0 Å². The summed E-state index contributed by atoms with van der Waals surface area (Å²) >= 11 is 0. The molecule has 0 saturated carbocycles. The van der Waals surface area contributed by atoms with Crippen LogP contribution in [0.3, 0.4) is 0 Å². The lowest BCUT2D eigenvalue weighted by Gasteiger charge is -2.07. The molecule has 0 saturated heterocycles. The standard InChI is InChI=1S/C17H17FO/c1-12-5-3-4-6-14(12)7-10-17(19)16-9-8-15(18)11-13(16)2/h3-6,8-9,11H,7,10H2,1-2H3. The summed E-state index contributed by atoms with van der Waals surface area (Å²) in [5, 5.41) is 0. The summed E-state index contributed by atoms with van der Waals surface area (Å²) in [5.41, 5.74) is 3.71. The first-order valence-electron chi connectivity index (χ1n) is 6.42. The maximum Gasteiger partial charge on any atom is 0.163 e. The van der Waals surface area contributed by atoms with E-state index in [1.807, 2.05) is 31.2 Å². The molecule has 0 aliphatic rings. The molecule has 0 spiro atoms. The topological polar surface area (TPSA) is 17.1 Å². The van der Waals surface area contributed by atoms with E-state index in [0.29, 0.717) is 17.5 Å². The first kappa shape index (κ1) is 13.5. The van der Waals surface area contributed by atoms with E-state index in [0.717, 1.165) is 6.42 Å². The van der Waals surface area contributed by atoms with Crippen molar-refractivity contribution in [1.82, 2.24) is 0 Å². The minimum atomic E-state index is -0.298. The van der Waals surface area contributed by atoms with Gasteiger partial charge in [0, 0.05) is 12.0 Å². The lowest BCUT2D eigenvalue weighted by Crippen LogP contribution is -2.04. The Morgan fingerprint density at radius 1 is 1.05 bits per heavy atom. The summed E-state index contributed by atoms with van der Waals surface area (Å²) in [5.74, 6) is -0.228. The first-order valence-corrected chi connectivity index (χ1v) is 6.42. The minimum Gasteiger partial charge on any atom is -0.294 e. The van der Waals surface area contributed by atoms with Crippen molar-refractivity contribution in [3.8, 4) is 0 Å². The number of hydrogen-bond donors (Lipinski definition) is 0. The van der Waals surface area contributed by atoms with Crippen LogP contribution in [0.1, 0.15) is 33.5 Å². The Balaban J connectivity index is 2.08. The molecule has 0 amide bonds. The fraction of sp³-hybridized carbons (Fsp3) is 0.235. The van der Waals surface area contributed by atoms with Gasteiger partial charge in [0.25, 0.3) is 0 Å². The molecular weight excluding hydrogens is 239 g/mol. The van der Waals surface area contributed by atoms with E-state index in [9.17, 15) is 9.18 Å². The molecule has 0 radical (unpaired) electrons. The summed E-state index contributed by atoms with van der Waals surface area (Å²) in [6.45, 7) is 3.81. The number of ketones is 1. The van der Waals surface area contributed by atoms with Gasteiger partial charge in [0.05, 0.1) is 0 Å². The van der Waals surface area contributed by atoms with Gasteiger partial charge in [-0.25, -0.2) is 4.39 Å². The van der Waals surface area contributed by atoms with Crippen LogP contribution in [0.25, 0.3) is 0 Å². The molecule has 0 bridgehead atoms. The van der Waals surface area contributed by atoms with Crippen LogP contribution in [0.5, 0.6) is 0 Å². The smallest absolute Gasteiger partial charge is 0.163 e. The van der Waals surface area contributed by atoms with Crippen LogP contribution < -0.4 is 0 Å². The highest BCUT2D eigenvalue weighted by Crippen LogP contribution is 2.15. The van der Waals surface area contributed by atoms with Crippen molar-refractivity contribution in [2.24, 2.45) is 0 Å². The zero-order valence-electron chi connectivity index (χ0n) is 11.2. The third-order valence-corrected chi connectivity index (χ3v) is 3.37. The second-order valence-electron chi connectivity index (χ2n) is 4.81. The zero-order valence-corrected chi connectivity index (χ0v) is 11.2. The number of carbonyl (C=O) groups is 1. The van der Waals surface area contributed by atoms with E-state index < -0.39 is 0 Å². The Kier molecular flexibility index (Phi) is 4.10. The van der Waals surface area contributed by atoms with Gasteiger partial charge in [-0.05, 0) is 55.2 Å². The van der Waals surface area contributed by atoms with Crippen LogP contribution in [0.4, 0.5) is 4.39 Å². The van der Waals surface area contributed by atoms with Gasteiger partial charge in [-0.2, -0.15) is 0 Å². The molecule has 2 rings (SSSR count). The van der Waals surface area contributed by atoms with Crippen molar-refractivity contribution < 1.29 is 9.18 Å². The Labute approximate surface area is 113 Å². The van der Waals surface area contributed by atoms with E-state index in [1.165, 1.54) is 23.3 Å². The number of aryl methyl sites for hydroxylation is 3. The third kappa shape index (κ3) is 3.28. The van der Waals surface area contributed by atoms with Crippen LogP contribution in [-0.4, -0.2) is 5.78 Å². The van der Waals surface area contributed by atoms with Gasteiger partial charge in [0.1, 0.15) is 5.82 Å². The zero-order chi connectivity index (χ0) is 13.8. The van der Waals surface area contributed by atoms with Crippen LogP contribution in [0, 0.1) is 19.7 Å². The van der Waals surface area contributed by atoms with Crippen molar-refractivity contribution >= 4 is 5.78 Å². The summed E-state index contributed by atoms with van der Waals surface area (Å²) in [4.78, 5) is 12.1. The molecule has 2 aromatic rings. The van der Waals surface area contributed by atoms with Crippen LogP contribution >= 0.6 is 0 Å². The fourth-order valence-electron chi connectivity index (χ4n) is 2.21. The van der Waals surface area contributed by atoms with Crippen LogP contribution in [-0.2, 0) is 6.42 Å². The summed E-state index contributed by atoms with van der Waals surface area (Å²) < 4.78 is 13.0. The molecule has 0 aliphatic carbocycles. The lowest BCUT2D eigenvalue weighted by molar-refractivity contribution is 0.0982. The molecule has 1 nitrogen and oxygen atoms in total. The first-order chi connectivity index (χ1) is 9.08. The molecule has 0 aromatic heterocycles. The molecule has 0 atom stereocenters. The summed E-state index contributed by atoms with van der Waals surface area (Å²) in [7, 11) is 0. The van der Waals surface area contributed by atoms with E-state index in [1.54, 1.807) is 13.0 Å². The lowest BCUT2D eigenvalue weighted by atomic mass is 9.97. The Morgan fingerprint density at radius 2 is 1.79 bits per heavy atom. The van der Waals surface area contributed by atoms with Gasteiger partial charge >= 0.3 is 0 Å². The molecule has 0 aliphatic heterocycles. The van der Waals surface area contributed by atoms with Crippen molar-refractivity contribution in [2.75, 3.05) is 0 Å². The number of Topliss-reactive ketones (excluding diaryl/α,β-unsaturated/α-hetero) is 1. The average molecular weight is 256 g/mol. The molecule has 0 N–H and O–H groups in total. The van der Waals surface area contributed by atoms with Gasteiger partial charge in [0.15, 0.2) is 5.78 Å². The third-order valence-electron chi connectivity index (χ3n) is 3.37. The predicted octanol–water partition coefficient (Wildman–Crippen LogP) is 4.26. The second-order valence-corrected chi connectivity index (χ2v) is 4.81. The van der Waals surface area contributed by atoms with Gasteiger partial charge in [-0.3, -0.25) is 4.79 Å². The highest BCUT2D eigenvalue weighted by Gasteiger charge is 2.10. The number of benzene rings is 2. The molecule has 2 heteroatoms. The fourth-order valence-corrected chi connectivity index (χ4v) is 2.21. The molecule has 0 unspecified atom stereocenters. The van der Waals surface area contributed by atoms with Crippen molar-refractivity contribution in [3.63, 3.8) is 0 Å². The SMILES string of the molecule is Cc1ccccc1CCC(=O)c1ccc(F)cc1C. The van der Waals surface area contributed by atoms with Gasteiger partial charge in [0.2, 0.25) is 0 Å². The molecule has 0 fully saturated rings. The Hall–Kier alpha value is -1.96. The Bertz CT molecular complexity index is 602. The normalized spacial score (nSPS) is 10.5. The van der Waals surface area contributed by atoms with Gasteiger partial charge < -0.3 is 0 Å². The van der Waals surface area contributed by atoms with E-state index in [2.05, 4.69) is 0 Å². The number of hydrogen-bond acceptors (Lipinski definition) is 1. The number of halogens is 1. The van der Waals surface area contributed by atoms with Gasteiger partial charge in [-0.1, -0.05) is 24.3 Å². The molecule has 19 heavy (non-hydrogen) atoms. The maximum atomic E-state index is 13.0. The molecular formula is C17H17FO. The van der Waals surface area contributed by atoms with Gasteiger partial charge in [-0.15, -0.1) is 0 Å². The average Bonchev–Trinajstić information content (AvgIpc) is 2.37. The predicted molar refractivity (Wildman–Crippen MR) is 75.0 cm³/mol.